The van der Waals surface area contributed by atoms with E-state index in [1.165, 1.54) is 5.56 Å². The van der Waals surface area contributed by atoms with E-state index in [0.29, 0.717) is 6.04 Å². The van der Waals surface area contributed by atoms with Crippen molar-refractivity contribution in [3.63, 3.8) is 0 Å². The first-order valence-corrected chi connectivity index (χ1v) is 6.83. The maximum atomic E-state index is 5.37. The molecular formula is C15H24N2S. The predicted octanol–water partition coefficient (Wildman–Crippen LogP) is 3.97. The zero-order valence-electron chi connectivity index (χ0n) is 12.0. The van der Waals surface area contributed by atoms with Crippen LogP contribution in [0.15, 0.2) is 24.3 Å². The summed E-state index contributed by atoms with van der Waals surface area (Å²) in [5, 5.41) is 6.69. The third kappa shape index (κ3) is 5.15. The van der Waals surface area contributed by atoms with Crippen LogP contribution in [0.4, 0.5) is 5.69 Å². The van der Waals surface area contributed by atoms with Crippen LogP contribution in [0.1, 0.15) is 40.2 Å². The SMILES string of the molecule is CC(C)NCc1ccc(NC(=S)C(C)(C)C)cc1. The minimum absolute atomic E-state index is 0.00715. The van der Waals surface area contributed by atoms with E-state index in [9.17, 15) is 0 Å². The molecule has 0 aliphatic heterocycles. The van der Waals surface area contributed by atoms with Crippen molar-refractivity contribution in [3.05, 3.63) is 29.8 Å². The summed E-state index contributed by atoms with van der Waals surface area (Å²) in [6.45, 7) is 11.5. The molecule has 0 aliphatic carbocycles. The number of hydrogen-bond acceptors (Lipinski definition) is 2. The molecule has 0 fully saturated rings. The highest BCUT2D eigenvalue weighted by Crippen LogP contribution is 2.19. The molecule has 1 aromatic carbocycles. The molecule has 2 N–H and O–H groups in total. The maximum absolute atomic E-state index is 5.37. The fourth-order valence-electron chi connectivity index (χ4n) is 1.35. The molecular weight excluding hydrogens is 240 g/mol. The lowest BCUT2D eigenvalue weighted by Gasteiger charge is -2.21. The highest BCUT2D eigenvalue weighted by molar-refractivity contribution is 7.80. The van der Waals surface area contributed by atoms with Crippen molar-refractivity contribution in [3.8, 4) is 0 Å². The van der Waals surface area contributed by atoms with Crippen LogP contribution in [0.2, 0.25) is 0 Å². The van der Waals surface area contributed by atoms with Crippen molar-refractivity contribution < 1.29 is 0 Å². The third-order valence-corrected chi connectivity index (χ3v) is 3.32. The summed E-state index contributed by atoms with van der Waals surface area (Å²) in [7, 11) is 0. The zero-order valence-corrected chi connectivity index (χ0v) is 12.8. The molecule has 0 radical (unpaired) electrons. The first-order valence-electron chi connectivity index (χ1n) is 6.43. The van der Waals surface area contributed by atoms with Gasteiger partial charge in [-0.15, -0.1) is 0 Å². The van der Waals surface area contributed by atoms with E-state index in [1.807, 2.05) is 0 Å². The largest absolute Gasteiger partial charge is 0.350 e. The highest BCUT2D eigenvalue weighted by atomic mass is 32.1. The van der Waals surface area contributed by atoms with Gasteiger partial charge >= 0.3 is 0 Å². The van der Waals surface area contributed by atoms with E-state index in [2.05, 4.69) is 69.5 Å². The Kier molecular flexibility index (Phi) is 5.29. The Labute approximate surface area is 116 Å². The van der Waals surface area contributed by atoms with Crippen LogP contribution in [0.5, 0.6) is 0 Å². The van der Waals surface area contributed by atoms with Crippen LogP contribution < -0.4 is 10.6 Å². The van der Waals surface area contributed by atoms with Crippen LogP contribution in [-0.2, 0) is 6.54 Å². The summed E-state index contributed by atoms with van der Waals surface area (Å²) in [5.74, 6) is 0. The molecule has 1 rings (SSSR count). The molecule has 3 heteroatoms. The molecule has 0 heterocycles. The Morgan fingerprint density at radius 2 is 1.72 bits per heavy atom. The standard InChI is InChI=1S/C15H24N2S/c1-11(2)16-10-12-6-8-13(9-7-12)17-14(18)15(3,4)5/h6-9,11,16H,10H2,1-5H3,(H,17,18). The van der Waals surface area contributed by atoms with E-state index in [-0.39, 0.29) is 5.41 Å². The summed E-state index contributed by atoms with van der Waals surface area (Å²) in [6, 6.07) is 8.92. The third-order valence-electron chi connectivity index (χ3n) is 2.61. The number of hydrogen-bond donors (Lipinski definition) is 2. The molecule has 2 nitrogen and oxygen atoms in total. The Hall–Kier alpha value is -0.930. The molecule has 0 atom stereocenters. The molecule has 0 bridgehead atoms. The van der Waals surface area contributed by atoms with Crippen LogP contribution in [0.25, 0.3) is 0 Å². The van der Waals surface area contributed by atoms with Gasteiger partial charge in [-0.3, -0.25) is 0 Å². The molecule has 18 heavy (non-hydrogen) atoms. The van der Waals surface area contributed by atoms with Gasteiger partial charge in [0.15, 0.2) is 0 Å². The van der Waals surface area contributed by atoms with Gasteiger partial charge in [-0.25, -0.2) is 0 Å². The van der Waals surface area contributed by atoms with Gasteiger partial charge in [0.2, 0.25) is 0 Å². The summed E-state index contributed by atoms with van der Waals surface area (Å²) in [4.78, 5) is 0.871. The first kappa shape index (κ1) is 15.1. The van der Waals surface area contributed by atoms with Gasteiger partial charge in [0.1, 0.15) is 0 Å². The van der Waals surface area contributed by atoms with Gasteiger partial charge in [-0.1, -0.05) is 59.0 Å². The topological polar surface area (TPSA) is 24.1 Å². The number of rotatable bonds is 4. The molecule has 0 aliphatic rings. The molecule has 0 aromatic heterocycles. The van der Waals surface area contributed by atoms with E-state index >= 15 is 0 Å². The lowest BCUT2D eigenvalue weighted by molar-refractivity contribution is 0.589. The number of benzene rings is 1. The number of thiocarbonyl (C=S) groups is 1. The number of anilines is 1. The second-order valence-corrected chi connectivity index (χ2v) is 6.34. The van der Waals surface area contributed by atoms with Crippen LogP contribution in [-0.4, -0.2) is 11.0 Å². The average molecular weight is 264 g/mol. The van der Waals surface area contributed by atoms with E-state index in [0.717, 1.165) is 17.2 Å². The Bertz CT molecular complexity index is 388. The molecule has 0 saturated heterocycles. The van der Waals surface area contributed by atoms with Crippen LogP contribution in [0.3, 0.4) is 0 Å². The second-order valence-electron chi connectivity index (χ2n) is 5.94. The van der Waals surface area contributed by atoms with E-state index in [1.54, 1.807) is 0 Å². The van der Waals surface area contributed by atoms with E-state index in [4.69, 9.17) is 12.2 Å². The molecule has 0 spiro atoms. The van der Waals surface area contributed by atoms with Crippen molar-refractivity contribution in [2.24, 2.45) is 5.41 Å². The zero-order chi connectivity index (χ0) is 13.8. The molecule has 100 valence electrons. The summed E-state index contributed by atoms with van der Waals surface area (Å²) in [6.07, 6.45) is 0. The molecule has 0 saturated carbocycles. The van der Waals surface area contributed by atoms with Gasteiger partial charge in [0.25, 0.3) is 0 Å². The van der Waals surface area contributed by atoms with Crippen molar-refractivity contribution in [2.45, 2.75) is 47.2 Å². The van der Waals surface area contributed by atoms with Gasteiger partial charge in [-0.2, -0.15) is 0 Å². The minimum atomic E-state index is 0.00715. The van der Waals surface area contributed by atoms with Gasteiger partial charge < -0.3 is 10.6 Å². The van der Waals surface area contributed by atoms with Crippen molar-refractivity contribution in [1.29, 1.82) is 0 Å². The van der Waals surface area contributed by atoms with Gasteiger partial charge in [0.05, 0.1) is 4.99 Å². The summed E-state index contributed by atoms with van der Waals surface area (Å²) >= 11 is 5.37. The lowest BCUT2D eigenvalue weighted by atomic mass is 9.96. The summed E-state index contributed by atoms with van der Waals surface area (Å²) in [5.41, 5.74) is 2.35. The van der Waals surface area contributed by atoms with Gasteiger partial charge in [-0.05, 0) is 17.7 Å². The Balaban J connectivity index is 2.58. The Morgan fingerprint density at radius 3 is 2.17 bits per heavy atom. The van der Waals surface area contributed by atoms with Crippen molar-refractivity contribution >= 4 is 22.9 Å². The smallest absolute Gasteiger partial charge is 0.0851 e. The van der Waals surface area contributed by atoms with Crippen molar-refractivity contribution in [2.75, 3.05) is 5.32 Å². The molecule has 0 amide bonds. The summed E-state index contributed by atoms with van der Waals surface area (Å²) < 4.78 is 0. The van der Waals surface area contributed by atoms with Crippen LogP contribution >= 0.6 is 12.2 Å². The van der Waals surface area contributed by atoms with E-state index < -0.39 is 0 Å². The first-order chi connectivity index (χ1) is 8.29. The van der Waals surface area contributed by atoms with Crippen LogP contribution in [0, 0.1) is 5.41 Å². The average Bonchev–Trinajstić information content (AvgIpc) is 2.26. The minimum Gasteiger partial charge on any atom is -0.350 e. The maximum Gasteiger partial charge on any atom is 0.0851 e. The van der Waals surface area contributed by atoms with Gasteiger partial charge in [0, 0.05) is 23.7 Å². The normalized spacial score (nSPS) is 11.7. The number of nitrogens with one attached hydrogen (secondary N) is 2. The molecule has 1 aromatic rings. The van der Waals surface area contributed by atoms with Crippen molar-refractivity contribution in [1.82, 2.24) is 5.32 Å². The quantitative estimate of drug-likeness (QED) is 0.805. The lowest BCUT2D eigenvalue weighted by Crippen LogP contribution is -2.25. The fourth-order valence-corrected chi connectivity index (χ4v) is 1.46. The fraction of sp³-hybridized carbons (Fsp3) is 0.533. The predicted molar refractivity (Wildman–Crippen MR) is 84.1 cm³/mol. The molecule has 0 unspecified atom stereocenters. The second kappa shape index (κ2) is 6.30. The highest BCUT2D eigenvalue weighted by Gasteiger charge is 2.16. The monoisotopic (exact) mass is 264 g/mol. The Morgan fingerprint density at radius 1 is 1.17 bits per heavy atom.